The number of nitrogen functional groups attached to an aromatic ring is 1. The number of rotatable bonds is 5. The summed E-state index contributed by atoms with van der Waals surface area (Å²) >= 11 is 0. The van der Waals surface area contributed by atoms with Gasteiger partial charge < -0.3 is 21.1 Å². The minimum Gasteiger partial charge on any atom is -0.489 e. The van der Waals surface area contributed by atoms with Crippen LogP contribution < -0.4 is 21.1 Å². The predicted molar refractivity (Wildman–Crippen MR) is 111 cm³/mol. The van der Waals surface area contributed by atoms with Gasteiger partial charge in [0, 0.05) is 24.2 Å². The van der Waals surface area contributed by atoms with E-state index < -0.39 is 0 Å². The van der Waals surface area contributed by atoms with Crippen molar-refractivity contribution in [1.82, 2.24) is 5.32 Å². The third-order valence-electron chi connectivity index (χ3n) is 4.87. The van der Waals surface area contributed by atoms with E-state index in [0.29, 0.717) is 24.3 Å². The van der Waals surface area contributed by atoms with Crippen LogP contribution in [0.15, 0.2) is 66.7 Å². The monoisotopic (exact) mass is 374 g/mol. The summed E-state index contributed by atoms with van der Waals surface area (Å²) in [6.45, 7) is 0.583. The van der Waals surface area contributed by atoms with Crippen molar-refractivity contribution in [3.05, 3.63) is 72.3 Å². The molecule has 2 atom stereocenters. The first-order valence-electron chi connectivity index (χ1n) is 9.23. The number of anilines is 1. The van der Waals surface area contributed by atoms with E-state index in [-0.39, 0.29) is 23.9 Å². The third kappa shape index (κ3) is 3.97. The highest BCUT2D eigenvalue weighted by Gasteiger charge is 2.30. The molecule has 1 aliphatic heterocycles. The molecule has 142 valence electrons. The van der Waals surface area contributed by atoms with Gasteiger partial charge >= 0.3 is 0 Å². The molecule has 1 heterocycles. The van der Waals surface area contributed by atoms with Gasteiger partial charge in [0.1, 0.15) is 17.7 Å². The molecule has 28 heavy (non-hydrogen) atoms. The van der Waals surface area contributed by atoms with Crippen molar-refractivity contribution in [3.8, 4) is 5.75 Å². The van der Waals surface area contributed by atoms with Gasteiger partial charge in [0.15, 0.2) is 0 Å². The summed E-state index contributed by atoms with van der Waals surface area (Å²) in [5.74, 6) is 0.580. The number of amidine groups is 1. The Hall–Kier alpha value is -3.38. The summed E-state index contributed by atoms with van der Waals surface area (Å²) < 4.78 is 5.96. The Bertz CT molecular complexity index is 1030. The van der Waals surface area contributed by atoms with Gasteiger partial charge in [-0.15, -0.1) is 0 Å². The molecule has 0 unspecified atom stereocenters. The van der Waals surface area contributed by atoms with Gasteiger partial charge in [0.25, 0.3) is 0 Å². The van der Waals surface area contributed by atoms with Crippen LogP contribution in [-0.2, 0) is 4.79 Å². The van der Waals surface area contributed by atoms with Crippen molar-refractivity contribution >= 4 is 28.2 Å². The molecule has 3 aromatic rings. The van der Waals surface area contributed by atoms with Gasteiger partial charge in [-0.1, -0.05) is 42.5 Å². The van der Waals surface area contributed by atoms with Crippen LogP contribution in [0.3, 0.4) is 0 Å². The van der Waals surface area contributed by atoms with Crippen molar-refractivity contribution in [2.75, 3.05) is 11.9 Å². The minimum absolute atomic E-state index is 0.00244. The summed E-state index contributed by atoms with van der Waals surface area (Å²) in [5.41, 5.74) is 6.92. The maximum atomic E-state index is 12.6. The number of nitrogens with one attached hydrogen (secondary N) is 3. The van der Waals surface area contributed by atoms with Gasteiger partial charge in [0.2, 0.25) is 5.91 Å². The molecule has 4 rings (SSSR count). The van der Waals surface area contributed by atoms with Crippen molar-refractivity contribution in [2.24, 2.45) is 5.73 Å². The largest absolute Gasteiger partial charge is 0.489 e. The third-order valence-corrected chi connectivity index (χ3v) is 4.87. The van der Waals surface area contributed by atoms with Crippen molar-refractivity contribution in [3.63, 3.8) is 0 Å². The molecule has 5 N–H and O–H groups in total. The first kappa shape index (κ1) is 18.0. The van der Waals surface area contributed by atoms with Crippen LogP contribution >= 0.6 is 0 Å². The maximum absolute atomic E-state index is 12.6. The predicted octanol–water partition coefficient (Wildman–Crippen LogP) is 2.87. The van der Waals surface area contributed by atoms with Crippen LogP contribution in [0.4, 0.5) is 5.69 Å². The zero-order chi connectivity index (χ0) is 19.5. The lowest BCUT2D eigenvalue weighted by Crippen LogP contribution is -2.35. The second-order valence-electron chi connectivity index (χ2n) is 6.93. The van der Waals surface area contributed by atoms with Gasteiger partial charge in [-0.2, -0.15) is 0 Å². The lowest BCUT2D eigenvalue weighted by Gasteiger charge is -2.14. The highest BCUT2D eigenvalue weighted by molar-refractivity contribution is 5.97. The maximum Gasteiger partial charge on any atom is 0.241 e. The van der Waals surface area contributed by atoms with E-state index in [1.54, 1.807) is 18.2 Å². The summed E-state index contributed by atoms with van der Waals surface area (Å²) in [7, 11) is 0. The van der Waals surface area contributed by atoms with E-state index in [4.69, 9.17) is 15.9 Å². The zero-order valence-corrected chi connectivity index (χ0v) is 15.3. The number of benzene rings is 3. The van der Waals surface area contributed by atoms with E-state index >= 15 is 0 Å². The second-order valence-corrected chi connectivity index (χ2v) is 6.93. The number of amides is 1. The number of hydrogen-bond donors (Lipinski definition) is 4. The SMILES string of the molecule is N=C(N)c1cccc(O[C@H]2CN[C@H](C(=O)Nc3ccc4ccccc4c3)C2)c1. The molecule has 0 saturated carbocycles. The number of carbonyl (C=O) groups excluding carboxylic acids is 1. The molecule has 6 nitrogen and oxygen atoms in total. The fraction of sp³-hybridized carbons (Fsp3) is 0.182. The van der Waals surface area contributed by atoms with E-state index in [0.717, 1.165) is 16.5 Å². The first-order chi connectivity index (χ1) is 13.6. The molecule has 0 bridgehead atoms. The number of ether oxygens (including phenoxy) is 1. The van der Waals surface area contributed by atoms with Crippen LogP contribution in [0.25, 0.3) is 10.8 Å². The molecule has 1 saturated heterocycles. The van der Waals surface area contributed by atoms with Crippen molar-refractivity contribution in [2.45, 2.75) is 18.6 Å². The quantitative estimate of drug-likeness (QED) is 0.407. The zero-order valence-electron chi connectivity index (χ0n) is 15.3. The van der Waals surface area contributed by atoms with Crippen LogP contribution in [0.1, 0.15) is 12.0 Å². The van der Waals surface area contributed by atoms with Crippen LogP contribution in [0.5, 0.6) is 5.75 Å². The average molecular weight is 374 g/mol. The molecule has 0 radical (unpaired) electrons. The summed E-state index contributed by atoms with van der Waals surface area (Å²) in [6, 6.07) is 20.8. The Morgan fingerprint density at radius 3 is 2.71 bits per heavy atom. The highest BCUT2D eigenvalue weighted by atomic mass is 16.5. The molecular formula is C22H22N4O2. The van der Waals surface area contributed by atoms with Crippen LogP contribution in [0, 0.1) is 5.41 Å². The van der Waals surface area contributed by atoms with Crippen molar-refractivity contribution < 1.29 is 9.53 Å². The molecule has 3 aromatic carbocycles. The number of nitrogens with two attached hydrogens (primary N) is 1. The average Bonchev–Trinajstić information content (AvgIpc) is 3.17. The molecule has 6 heteroatoms. The Balaban J connectivity index is 1.37. The summed E-state index contributed by atoms with van der Waals surface area (Å²) in [6.07, 6.45) is 0.457. The minimum atomic E-state index is -0.313. The van der Waals surface area contributed by atoms with Crippen LogP contribution in [-0.4, -0.2) is 30.4 Å². The van der Waals surface area contributed by atoms with E-state index in [1.165, 1.54) is 0 Å². The highest BCUT2D eigenvalue weighted by Crippen LogP contribution is 2.21. The van der Waals surface area contributed by atoms with Gasteiger partial charge in [0.05, 0.1) is 6.04 Å². The second kappa shape index (κ2) is 7.70. The van der Waals surface area contributed by atoms with Crippen LogP contribution in [0.2, 0.25) is 0 Å². The van der Waals surface area contributed by atoms with Gasteiger partial charge in [-0.05, 0) is 35.0 Å². The Kier molecular flexibility index (Phi) is 4.95. The van der Waals surface area contributed by atoms with Gasteiger partial charge in [-0.3, -0.25) is 10.2 Å². The lowest BCUT2D eigenvalue weighted by atomic mass is 10.1. The molecule has 1 fully saturated rings. The fourth-order valence-electron chi connectivity index (χ4n) is 3.42. The molecule has 1 amide bonds. The smallest absolute Gasteiger partial charge is 0.241 e. The van der Waals surface area contributed by atoms with Gasteiger partial charge in [-0.25, -0.2) is 0 Å². The molecule has 0 spiro atoms. The summed E-state index contributed by atoms with van der Waals surface area (Å²) in [5, 5.41) is 15.9. The van der Waals surface area contributed by atoms with E-state index in [2.05, 4.69) is 10.6 Å². The lowest BCUT2D eigenvalue weighted by molar-refractivity contribution is -0.117. The Morgan fingerprint density at radius 2 is 1.89 bits per heavy atom. The molecule has 1 aliphatic rings. The standard InChI is InChI=1S/C22H22N4O2/c23-21(24)16-6-3-7-18(11-16)28-19-12-20(25-13-19)22(27)26-17-9-8-14-4-1-2-5-15(14)10-17/h1-11,19-20,25H,12-13H2,(H3,23,24)(H,26,27)/t19-,20+/m1/s1. The number of hydrogen-bond acceptors (Lipinski definition) is 4. The Morgan fingerprint density at radius 1 is 1.07 bits per heavy atom. The first-order valence-corrected chi connectivity index (χ1v) is 9.23. The molecule has 0 aliphatic carbocycles. The normalized spacial score (nSPS) is 18.7. The molecule has 0 aromatic heterocycles. The Labute approximate surface area is 163 Å². The van der Waals surface area contributed by atoms with Crippen molar-refractivity contribution in [1.29, 1.82) is 5.41 Å². The van der Waals surface area contributed by atoms with E-state index in [9.17, 15) is 4.79 Å². The van der Waals surface area contributed by atoms with E-state index in [1.807, 2.05) is 48.5 Å². The fourth-order valence-corrected chi connectivity index (χ4v) is 3.42. The number of fused-ring (bicyclic) bond motifs is 1. The topological polar surface area (TPSA) is 100 Å². The molecular weight excluding hydrogens is 352 g/mol. The summed E-state index contributed by atoms with van der Waals surface area (Å²) in [4.78, 5) is 12.6. The number of carbonyl (C=O) groups is 1.